The van der Waals surface area contributed by atoms with Gasteiger partial charge in [-0.3, -0.25) is 14.9 Å². The molecule has 7 heteroatoms. The van der Waals surface area contributed by atoms with Crippen molar-refractivity contribution in [1.29, 1.82) is 0 Å². The summed E-state index contributed by atoms with van der Waals surface area (Å²) in [6, 6.07) is 4.09. The summed E-state index contributed by atoms with van der Waals surface area (Å²) in [5.74, 6) is -0.424. The number of halogens is 1. The standard InChI is InChI=1S/C10H9ClN2O4/c11-9-7(2-1-3-8(9)13(15)16)10(14)12-6-4-17-5-6/h1-3,6H,4-5H2,(H,12,14). The summed E-state index contributed by atoms with van der Waals surface area (Å²) < 4.78 is 4.91. The summed E-state index contributed by atoms with van der Waals surface area (Å²) >= 11 is 5.81. The molecule has 1 aliphatic rings. The SMILES string of the molecule is O=C(NC1COC1)c1cccc([N+](=O)[O-])c1Cl. The van der Waals surface area contributed by atoms with Gasteiger partial charge in [0.05, 0.1) is 29.7 Å². The molecule has 0 aromatic heterocycles. The fourth-order valence-electron chi connectivity index (χ4n) is 1.42. The molecule has 0 unspecified atom stereocenters. The molecule has 1 saturated heterocycles. The Morgan fingerprint density at radius 1 is 1.53 bits per heavy atom. The summed E-state index contributed by atoms with van der Waals surface area (Å²) in [5, 5.41) is 13.2. The summed E-state index contributed by atoms with van der Waals surface area (Å²) in [4.78, 5) is 21.8. The molecule has 1 amide bonds. The highest BCUT2D eigenvalue weighted by Crippen LogP contribution is 2.27. The number of amides is 1. The maximum absolute atomic E-state index is 11.8. The highest BCUT2D eigenvalue weighted by molar-refractivity contribution is 6.35. The Morgan fingerprint density at radius 2 is 2.24 bits per heavy atom. The van der Waals surface area contributed by atoms with Crippen LogP contribution in [0.4, 0.5) is 5.69 Å². The van der Waals surface area contributed by atoms with Crippen molar-refractivity contribution in [2.75, 3.05) is 13.2 Å². The monoisotopic (exact) mass is 256 g/mol. The average molecular weight is 257 g/mol. The molecular formula is C10H9ClN2O4. The van der Waals surface area contributed by atoms with E-state index in [1.54, 1.807) is 0 Å². The Morgan fingerprint density at radius 3 is 2.76 bits per heavy atom. The Kier molecular flexibility index (Phi) is 3.26. The lowest BCUT2D eigenvalue weighted by molar-refractivity contribution is -0.384. The van der Waals surface area contributed by atoms with Crippen molar-refractivity contribution in [2.45, 2.75) is 6.04 Å². The van der Waals surface area contributed by atoms with Crippen molar-refractivity contribution in [1.82, 2.24) is 5.32 Å². The van der Waals surface area contributed by atoms with E-state index in [-0.39, 0.29) is 22.3 Å². The fourth-order valence-corrected chi connectivity index (χ4v) is 1.70. The van der Waals surface area contributed by atoms with Crippen LogP contribution in [0.5, 0.6) is 0 Å². The first kappa shape index (κ1) is 11.8. The molecule has 1 aromatic rings. The van der Waals surface area contributed by atoms with Crippen LogP contribution in [0.25, 0.3) is 0 Å². The molecule has 0 saturated carbocycles. The second-order valence-electron chi connectivity index (χ2n) is 3.60. The van der Waals surface area contributed by atoms with E-state index in [1.165, 1.54) is 18.2 Å². The third-order valence-corrected chi connectivity index (χ3v) is 2.79. The highest BCUT2D eigenvalue weighted by Gasteiger charge is 2.24. The topological polar surface area (TPSA) is 81.5 Å². The number of ether oxygens (including phenoxy) is 1. The Labute approximate surface area is 102 Å². The number of hydrogen-bond acceptors (Lipinski definition) is 4. The van der Waals surface area contributed by atoms with E-state index in [2.05, 4.69) is 5.32 Å². The van der Waals surface area contributed by atoms with E-state index in [4.69, 9.17) is 16.3 Å². The van der Waals surface area contributed by atoms with Gasteiger partial charge in [-0.2, -0.15) is 0 Å². The van der Waals surface area contributed by atoms with Gasteiger partial charge in [-0.25, -0.2) is 0 Å². The Balaban J connectivity index is 2.22. The minimum Gasteiger partial charge on any atom is -0.377 e. The molecule has 1 aliphatic heterocycles. The Hall–Kier alpha value is -1.66. The normalized spacial score (nSPS) is 15.1. The number of hydrogen-bond donors (Lipinski definition) is 1. The second-order valence-corrected chi connectivity index (χ2v) is 3.98. The zero-order chi connectivity index (χ0) is 12.4. The van der Waals surface area contributed by atoms with Gasteiger partial charge in [-0.15, -0.1) is 0 Å². The van der Waals surface area contributed by atoms with E-state index in [0.717, 1.165) is 0 Å². The fraction of sp³-hybridized carbons (Fsp3) is 0.300. The number of nitrogens with zero attached hydrogens (tertiary/aromatic N) is 1. The van der Waals surface area contributed by atoms with Crippen molar-refractivity contribution in [3.8, 4) is 0 Å². The van der Waals surface area contributed by atoms with Crippen LogP contribution in [0.1, 0.15) is 10.4 Å². The summed E-state index contributed by atoms with van der Waals surface area (Å²) in [6.45, 7) is 0.913. The molecule has 0 aliphatic carbocycles. The van der Waals surface area contributed by atoms with Crippen molar-refractivity contribution < 1.29 is 14.5 Å². The third-order valence-electron chi connectivity index (χ3n) is 2.39. The molecule has 17 heavy (non-hydrogen) atoms. The lowest BCUT2D eigenvalue weighted by Crippen LogP contribution is -2.48. The first-order valence-corrected chi connectivity index (χ1v) is 5.29. The van der Waals surface area contributed by atoms with Crippen LogP contribution >= 0.6 is 11.6 Å². The highest BCUT2D eigenvalue weighted by atomic mass is 35.5. The Bertz CT molecular complexity index is 473. The van der Waals surface area contributed by atoms with Gasteiger partial charge >= 0.3 is 0 Å². The maximum Gasteiger partial charge on any atom is 0.288 e. The lowest BCUT2D eigenvalue weighted by atomic mass is 10.1. The van der Waals surface area contributed by atoms with Gasteiger partial charge in [0.1, 0.15) is 5.02 Å². The second kappa shape index (κ2) is 4.68. The quantitative estimate of drug-likeness (QED) is 0.654. The molecule has 2 rings (SSSR count). The number of nitrogens with one attached hydrogen (secondary N) is 1. The number of rotatable bonds is 3. The van der Waals surface area contributed by atoms with E-state index in [1.807, 2.05) is 0 Å². The lowest BCUT2D eigenvalue weighted by Gasteiger charge is -2.26. The number of benzene rings is 1. The first-order chi connectivity index (χ1) is 8.09. The molecular weight excluding hydrogens is 248 g/mol. The van der Waals surface area contributed by atoms with Crippen LogP contribution in [-0.2, 0) is 4.74 Å². The smallest absolute Gasteiger partial charge is 0.288 e. The molecule has 0 bridgehead atoms. The predicted octanol–water partition coefficient (Wildman–Crippen LogP) is 1.38. The average Bonchev–Trinajstić information content (AvgIpc) is 2.23. The van der Waals surface area contributed by atoms with Crippen molar-refractivity contribution in [3.05, 3.63) is 38.9 Å². The molecule has 90 valence electrons. The van der Waals surface area contributed by atoms with Crippen molar-refractivity contribution in [2.24, 2.45) is 0 Å². The summed E-state index contributed by atoms with van der Waals surface area (Å²) in [5.41, 5.74) is -0.169. The number of carbonyl (C=O) groups is 1. The zero-order valence-corrected chi connectivity index (χ0v) is 9.44. The molecule has 1 N–H and O–H groups in total. The number of carbonyl (C=O) groups excluding carboxylic acids is 1. The number of nitro groups is 1. The molecule has 6 nitrogen and oxygen atoms in total. The molecule has 0 radical (unpaired) electrons. The molecule has 1 heterocycles. The molecule has 1 aromatic carbocycles. The van der Waals surface area contributed by atoms with Crippen molar-refractivity contribution >= 4 is 23.2 Å². The third kappa shape index (κ3) is 2.37. The van der Waals surface area contributed by atoms with E-state index >= 15 is 0 Å². The van der Waals surface area contributed by atoms with E-state index in [9.17, 15) is 14.9 Å². The summed E-state index contributed by atoms with van der Waals surface area (Å²) in [6.07, 6.45) is 0. The van der Waals surface area contributed by atoms with E-state index < -0.39 is 10.8 Å². The molecule has 1 fully saturated rings. The van der Waals surface area contributed by atoms with Gasteiger partial charge in [0, 0.05) is 6.07 Å². The van der Waals surface area contributed by atoms with Gasteiger partial charge in [0.2, 0.25) is 0 Å². The van der Waals surface area contributed by atoms with Gasteiger partial charge in [-0.1, -0.05) is 17.7 Å². The largest absolute Gasteiger partial charge is 0.377 e. The van der Waals surface area contributed by atoms with Crippen molar-refractivity contribution in [3.63, 3.8) is 0 Å². The van der Waals surface area contributed by atoms with Gasteiger partial charge in [-0.05, 0) is 6.07 Å². The van der Waals surface area contributed by atoms with Crippen LogP contribution in [0.15, 0.2) is 18.2 Å². The zero-order valence-electron chi connectivity index (χ0n) is 8.68. The summed E-state index contributed by atoms with van der Waals surface area (Å²) in [7, 11) is 0. The van der Waals surface area contributed by atoms with Crippen LogP contribution in [0.2, 0.25) is 5.02 Å². The van der Waals surface area contributed by atoms with Crippen LogP contribution in [0, 0.1) is 10.1 Å². The van der Waals surface area contributed by atoms with Crippen LogP contribution in [0.3, 0.4) is 0 Å². The first-order valence-electron chi connectivity index (χ1n) is 4.91. The molecule has 0 spiro atoms. The predicted molar refractivity (Wildman–Crippen MR) is 60.2 cm³/mol. The minimum atomic E-state index is -0.619. The number of nitro benzene ring substituents is 1. The van der Waals surface area contributed by atoms with E-state index in [0.29, 0.717) is 13.2 Å². The minimum absolute atomic E-state index is 0.0437. The maximum atomic E-state index is 11.8. The van der Waals surface area contributed by atoms with Gasteiger partial charge in [0.15, 0.2) is 0 Å². The van der Waals surface area contributed by atoms with Crippen LogP contribution in [-0.4, -0.2) is 30.1 Å². The van der Waals surface area contributed by atoms with Gasteiger partial charge in [0.25, 0.3) is 11.6 Å². The van der Waals surface area contributed by atoms with Gasteiger partial charge < -0.3 is 10.1 Å². The molecule has 0 atom stereocenters. The van der Waals surface area contributed by atoms with Crippen LogP contribution < -0.4 is 5.32 Å².